The van der Waals surface area contributed by atoms with Crippen molar-refractivity contribution in [1.82, 2.24) is 9.88 Å². The Kier molecular flexibility index (Phi) is 4.69. The zero-order valence-corrected chi connectivity index (χ0v) is 15.4. The summed E-state index contributed by atoms with van der Waals surface area (Å²) in [6.45, 7) is 0.243. The number of likely N-dealkylation sites (tertiary alicyclic amines) is 1. The highest BCUT2D eigenvalue weighted by Gasteiger charge is 2.28. The number of carbonyl (C=O) groups is 2. The first-order valence-electron chi connectivity index (χ1n) is 9.00. The van der Waals surface area contributed by atoms with E-state index in [0.29, 0.717) is 5.69 Å². The lowest BCUT2D eigenvalue weighted by atomic mass is 9.99. The van der Waals surface area contributed by atoms with Gasteiger partial charge in [-0.2, -0.15) is 0 Å². The molecule has 0 bridgehead atoms. The van der Waals surface area contributed by atoms with Gasteiger partial charge in [0.1, 0.15) is 5.82 Å². The number of hydrogen-bond acceptors (Lipinski definition) is 4. The highest BCUT2D eigenvalue weighted by Crippen LogP contribution is 2.30. The first-order chi connectivity index (χ1) is 13.5. The third-order valence-corrected chi connectivity index (χ3v) is 4.81. The summed E-state index contributed by atoms with van der Waals surface area (Å²) in [7, 11) is 1.67. The zero-order chi connectivity index (χ0) is 19.7. The third kappa shape index (κ3) is 3.41. The Balaban J connectivity index is 1.80. The predicted octanol–water partition coefficient (Wildman–Crippen LogP) is 3.74. The van der Waals surface area contributed by atoms with Gasteiger partial charge in [-0.25, -0.2) is 9.37 Å². The van der Waals surface area contributed by atoms with Crippen molar-refractivity contribution in [2.75, 3.05) is 7.05 Å². The number of aromatic nitrogens is 1. The fraction of sp³-hybridized carbons (Fsp3) is 0.182. The van der Waals surface area contributed by atoms with Crippen LogP contribution in [-0.2, 0) is 16.1 Å². The fourth-order valence-electron chi connectivity index (χ4n) is 3.44. The van der Waals surface area contributed by atoms with Gasteiger partial charge in [0, 0.05) is 31.5 Å². The van der Waals surface area contributed by atoms with Crippen LogP contribution in [-0.4, -0.2) is 35.0 Å². The summed E-state index contributed by atoms with van der Waals surface area (Å²) in [5.41, 5.74) is 4.03. The molecule has 2 heterocycles. The Hall–Kier alpha value is -3.41. The lowest BCUT2D eigenvalue weighted by Gasteiger charge is -2.15. The molecule has 140 valence electrons. The van der Waals surface area contributed by atoms with Gasteiger partial charge in [-0.1, -0.05) is 24.3 Å². The largest absolute Gasteiger partial charge is 0.294 e. The molecule has 3 aromatic rings. The van der Waals surface area contributed by atoms with E-state index in [-0.39, 0.29) is 37.0 Å². The van der Waals surface area contributed by atoms with Crippen molar-refractivity contribution in [3.8, 4) is 11.1 Å². The van der Waals surface area contributed by atoms with Crippen LogP contribution >= 0.6 is 0 Å². The molecule has 4 rings (SSSR count). The number of amides is 2. The molecule has 0 radical (unpaired) electrons. The van der Waals surface area contributed by atoms with Crippen LogP contribution in [0.1, 0.15) is 24.1 Å². The summed E-state index contributed by atoms with van der Waals surface area (Å²) >= 11 is 0. The molecular formula is C22H18FN3O2. The number of halogens is 1. The maximum atomic E-state index is 13.3. The Morgan fingerprint density at radius 2 is 1.79 bits per heavy atom. The molecule has 1 fully saturated rings. The van der Waals surface area contributed by atoms with E-state index in [4.69, 9.17) is 0 Å². The number of nitrogens with zero attached hydrogens (tertiary/aromatic N) is 3. The smallest absolute Gasteiger partial charge is 0.229 e. The molecule has 28 heavy (non-hydrogen) atoms. The Morgan fingerprint density at radius 1 is 1.07 bits per heavy atom. The second-order valence-electron chi connectivity index (χ2n) is 6.71. The van der Waals surface area contributed by atoms with Crippen molar-refractivity contribution in [1.29, 1.82) is 0 Å². The molecule has 0 atom stereocenters. The number of aliphatic imine (C=N–C) groups is 1. The number of carbonyl (C=O) groups excluding carboxylic acids is 2. The van der Waals surface area contributed by atoms with Crippen molar-refractivity contribution in [2.45, 2.75) is 19.4 Å². The molecule has 2 aromatic carbocycles. The number of pyridine rings is 1. The van der Waals surface area contributed by atoms with Gasteiger partial charge in [-0.3, -0.25) is 19.5 Å². The number of imide groups is 1. The summed E-state index contributed by atoms with van der Waals surface area (Å²) in [5, 5.41) is 0.905. The molecule has 1 aromatic heterocycles. The molecular weight excluding hydrogens is 357 g/mol. The van der Waals surface area contributed by atoms with E-state index in [0.717, 1.165) is 27.6 Å². The first-order valence-corrected chi connectivity index (χ1v) is 9.00. The van der Waals surface area contributed by atoms with Crippen LogP contribution in [0.25, 0.3) is 22.0 Å². The molecule has 1 saturated heterocycles. The van der Waals surface area contributed by atoms with Crippen molar-refractivity contribution < 1.29 is 14.0 Å². The minimum atomic E-state index is -0.292. The molecule has 5 nitrogen and oxygen atoms in total. The van der Waals surface area contributed by atoms with Crippen LogP contribution in [0.3, 0.4) is 0 Å². The Morgan fingerprint density at radius 3 is 2.46 bits per heavy atom. The quantitative estimate of drug-likeness (QED) is 0.515. The van der Waals surface area contributed by atoms with Gasteiger partial charge >= 0.3 is 0 Å². The molecule has 1 aliphatic heterocycles. The number of fused-ring (bicyclic) bond motifs is 1. The fourth-order valence-corrected chi connectivity index (χ4v) is 3.44. The van der Waals surface area contributed by atoms with Gasteiger partial charge in [0.15, 0.2) is 0 Å². The van der Waals surface area contributed by atoms with Crippen LogP contribution in [0.15, 0.2) is 53.5 Å². The lowest BCUT2D eigenvalue weighted by molar-refractivity contribution is -0.139. The molecule has 0 N–H and O–H groups in total. The minimum Gasteiger partial charge on any atom is -0.294 e. The molecule has 1 aliphatic rings. The molecule has 2 amide bonds. The maximum Gasteiger partial charge on any atom is 0.229 e. The van der Waals surface area contributed by atoms with Crippen LogP contribution in [0.5, 0.6) is 0 Å². The van der Waals surface area contributed by atoms with Crippen LogP contribution < -0.4 is 0 Å². The predicted molar refractivity (Wildman–Crippen MR) is 105 cm³/mol. The van der Waals surface area contributed by atoms with Crippen molar-refractivity contribution in [3.05, 3.63) is 65.6 Å². The lowest BCUT2D eigenvalue weighted by Crippen LogP contribution is -2.28. The highest BCUT2D eigenvalue weighted by molar-refractivity contribution is 6.02. The van der Waals surface area contributed by atoms with E-state index >= 15 is 0 Å². The average molecular weight is 375 g/mol. The number of benzene rings is 2. The van der Waals surface area contributed by atoms with E-state index in [2.05, 4.69) is 9.98 Å². The van der Waals surface area contributed by atoms with Gasteiger partial charge in [-0.05, 0) is 41.0 Å². The van der Waals surface area contributed by atoms with Gasteiger partial charge in [0.2, 0.25) is 11.8 Å². The van der Waals surface area contributed by atoms with Crippen molar-refractivity contribution >= 4 is 28.9 Å². The molecule has 0 spiro atoms. The van der Waals surface area contributed by atoms with Gasteiger partial charge in [-0.15, -0.1) is 0 Å². The summed E-state index contributed by atoms with van der Waals surface area (Å²) in [6.07, 6.45) is 2.21. The topological polar surface area (TPSA) is 62.6 Å². The molecule has 0 aliphatic carbocycles. The summed E-state index contributed by atoms with van der Waals surface area (Å²) in [5.74, 6) is -0.575. The van der Waals surface area contributed by atoms with Gasteiger partial charge in [0.25, 0.3) is 0 Å². The first kappa shape index (κ1) is 18.0. The minimum absolute atomic E-state index is 0.142. The van der Waals surface area contributed by atoms with E-state index in [9.17, 15) is 14.0 Å². The second kappa shape index (κ2) is 7.31. The van der Waals surface area contributed by atoms with E-state index in [1.165, 1.54) is 17.0 Å². The van der Waals surface area contributed by atoms with Crippen LogP contribution in [0.2, 0.25) is 0 Å². The van der Waals surface area contributed by atoms with Crippen LogP contribution in [0, 0.1) is 5.82 Å². The Labute approximate surface area is 161 Å². The molecule has 0 unspecified atom stereocenters. The Bertz CT molecular complexity index is 1090. The third-order valence-electron chi connectivity index (χ3n) is 4.81. The summed E-state index contributed by atoms with van der Waals surface area (Å²) in [4.78, 5) is 33.8. The summed E-state index contributed by atoms with van der Waals surface area (Å²) < 4.78 is 13.3. The van der Waals surface area contributed by atoms with Crippen LogP contribution in [0.4, 0.5) is 4.39 Å². The zero-order valence-electron chi connectivity index (χ0n) is 15.4. The van der Waals surface area contributed by atoms with Gasteiger partial charge in [0.05, 0.1) is 17.8 Å². The normalized spacial score (nSPS) is 14.6. The summed E-state index contributed by atoms with van der Waals surface area (Å²) in [6, 6.07) is 13.9. The van der Waals surface area contributed by atoms with E-state index in [1.54, 1.807) is 25.4 Å². The number of rotatable bonds is 4. The second-order valence-corrected chi connectivity index (χ2v) is 6.71. The monoisotopic (exact) mass is 375 g/mol. The molecule has 0 saturated carbocycles. The molecule has 6 heteroatoms. The average Bonchev–Trinajstić information content (AvgIpc) is 3.00. The highest BCUT2D eigenvalue weighted by atomic mass is 19.1. The van der Waals surface area contributed by atoms with E-state index in [1.807, 2.05) is 24.3 Å². The SMILES string of the molecule is C/N=C/c1cc(-c2ccc(F)cc2)c2ccc(CN3C(=O)CCC3=O)cc2n1. The maximum absolute atomic E-state index is 13.3. The standard InChI is InChI=1S/C22H18FN3O2/c1-24-12-17-11-19(15-3-5-16(23)6-4-15)18-7-2-14(10-20(18)25-17)13-26-21(27)8-9-22(26)28/h2-7,10-12H,8-9,13H2,1H3/b24-12+. The van der Waals surface area contributed by atoms with E-state index < -0.39 is 0 Å². The van der Waals surface area contributed by atoms with Crippen molar-refractivity contribution in [3.63, 3.8) is 0 Å². The van der Waals surface area contributed by atoms with Gasteiger partial charge < -0.3 is 0 Å². The number of hydrogen-bond donors (Lipinski definition) is 0. The van der Waals surface area contributed by atoms with Crippen molar-refractivity contribution in [2.24, 2.45) is 4.99 Å².